The molecule has 0 bridgehead atoms. The smallest absolute Gasteiger partial charge is 0.191 e. The van der Waals surface area contributed by atoms with Gasteiger partial charge in [-0.2, -0.15) is 0 Å². The summed E-state index contributed by atoms with van der Waals surface area (Å²) in [7, 11) is -3.80. The maximum Gasteiger partial charge on any atom is 0.191 e. The fourth-order valence-electron chi connectivity index (χ4n) is 5.25. The Morgan fingerprint density at radius 1 is 0.730 bits per heavy atom. The normalized spacial score (nSPS) is 12.0. The minimum atomic E-state index is -1.98. The molecule has 4 aromatic rings. The second-order valence-electron chi connectivity index (χ2n) is 10.1. The van der Waals surface area contributed by atoms with Crippen LogP contribution in [0.3, 0.4) is 0 Å². The summed E-state index contributed by atoms with van der Waals surface area (Å²) in [6, 6.07) is 38.0. The van der Waals surface area contributed by atoms with Crippen LogP contribution in [0.25, 0.3) is 0 Å². The molecule has 1 nitrogen and oxygen atoms in total. The van der Waals surface area contributed by atoms with Gasteiger partial charge in [-0.15, -0.1) is 0 Å². The lowest BCUT2D eigenvalue weighted by molar-refractivity contribution is 0.307. The molecule has 0 aliphatic rings. The predicted molar refractivity (Wildman–Crippen MR) is 168 cm³/mol. The molecule has 0 aliphatic carbocycles. The van der Waals surface area contributed by atoms with E-state index in [-0.39, 0.29) is 0 Å². The molecule has 0 amide bonds. The van der Waals surface area contributed by atoms with Crippen molar-refractivity contribution in [3.63, 3.8) is 0 Å². The molecule has 0 fully saturated rings. The lowest BCUT2D eigenvalue weighted by Gasteiger charge is -2.29. The van der Waals surface area contributed by atoms with Gasteiger partial charge in [-0.3, -0.25) is 0 Å². The highest BCUT2D eigenvalue weighted by molar-refractivity contribution is 7.95. The van der Waals surface area contributed by atoms with E-state index in [0.29, 0.717) is 5.02 Å². The summed E-state index contributed by atoms with van der Waals surface area (Å²) in [5.41, 5.74) is 2.42. The minimum Gasteiger partial charge on any atom is -0.417 e. The largest absolute Gasteiger partial charge is 0.417 e. The van der Waals surface area contributed by atoms with E-state index in [4.69, 9.17) is 27.6 Å². The van der Waals surface area contributed by atoms with Gasteiger partial charge in [0.25, 0.3) is 0 Å². The molecule has 0 radical (unpaired) electrons. The van der Waals surface area contributed by atoms with Gasteiger partial charge in [0.2, 0.25) is 0 Å². The van der Waals surface area contributed by atoms with Crippen LogP contribution in [0.1, 0.15) is 24.5 Å². The Morgan fingerprint density at radius 2 is 1.22 bits per heavy atom. The van der Waals surface area contributed by atoms with Crippen molar-refractivity contribution in [3.05, 3.63) is 124 Å². The first kappa shape index (κ1) is 28.1. The van der Waals surface area contributed by atoms with Crippen LogP contribution in [0, 0.1) is 0 Å². The Labute approximate surface area is 234 Å². The molecule has 0 unspecified atom stereocenters. The Morgan fingerprint density at radius 3 is 1.68 bits per heavy atom. The summed E-state index contributed by atoms with van der Waals surface area (Å²) in [6.45, 7) is 7.50. The summed E-state index contributed by atoms with van der Waals surface area (Å²) >= 11 is 12.9. The van der Waals surface area contributed by atoms with Crippen LogP contribution in [-0.4, -0.2) is 21.1 Å². The summed E-state index contributed by atoms with van der Waals surface area (Å²) < 4.78 is 6.69. The zero-order chi connectivity index (χ0) is 26.3. The third-order valence-corrected chi connectivity index (χ3v) is 14.2. The first-order valence-electron chi connectivity index (χ1n) is 13.0. The number of halogens is 2. The van der Waals surface area contributed by atoms with Gasteiger partial charge < -0.3 is 4.43 Å². The zero-order valence-corrected chi connectivity index (χ0v) is 25.4. The van der Waals surface area contributed by atoms with Gasteiger partial charge >= 0.3 is 0 Å². The number of rotatable bonds is 11. The third kappa shape index (κ3) is 6.74. The fraction of sp³-hybridized carbons (Fsp3) is 0.250. The van der Waals surface area contributed by atoms with Crippen LogP contribution < -0.4 is 15.9 Å². The van der Waals surface area contributed by atoms with Gasteiger partial charge in [0, 0.05) is 23.1 Å². The van der Waals surface area contributed by atoms with E-state index in [1.165, 1.54) is 27.0 Å². The summed E-state index contributed by atoms with van der Waals surface area (Å²) in [4.78, 5) is 0. The third-order valence-electron chi connectivity index (χ3n) is 6.94. The molecular formula is C32H36Cl2OPSi+. The second kappa shape index (κ2) is 12.7. The van der Waals surface area contributed by atoms with Crippen molar-refractivity contribution in [3.8, 4) is 0 Å². The van der Waals surface area contributed by atoms with Crippen molar-refractivity contribution in [2.24, 2.45) is 0 Å². The van der Waals surface area contributed by atoms with E-state index in [1.807, 2.05) is 6.07 Å². The maximum absolute atomic E-state index is 6.69. The van der Waals surface area contributed by atoms with Crippen molar-refractivity contribution in [2.75, 3.05) is 12.8 Å². The van der Waals surface area contributed by atoms with E-state index in [2.05, 4.69) is 117 Å². The first-order valence-corrected chi connectivity index (χ1v) is 18.9. The van der Waals surface area contributed by atoms with E-state index in [1.54, 1.807) is 0 Å². The summed E-state index contributed by atoms with van der Waals surface area (Å²) in [6.07, 6.45) is 2.96. The minimum absolute atomic E-state index is 0.699. The van der Waals surface area contributed by atoms with E-state index in [9.17, 15) is 0 Å². The van der Waals surface area contributed by atoms with Crippen molar-refractivity contribution >= 4 is 54.7 Å². The van der Waals surface area contributed by atoms with Gasteiger partial charge in [0.15, 0.2) is 8.32 Å². The average Bonchev–Trinajstić information content (AvgIpc) is 2.90. The molecule has 0 heterocycles. The molecule has 0 aliphatic heterocycles. The molecule has 0 spiro atoms. The predicted octanol–water partition coefficient (Wildman–Crippen LogP) is 8.24. The second-order valence-corrected chi connectivity index (χ2v) is 18.7. The summed E-state index contributed by atoms with van der Waals surface area (Å²) in [5.74, 6) is 0. The molecule has 0 saturated heterocycles. The van der Waals surface area contributed by atoms with Gasteiger partial charge in [-0.05, 0) is 85.2 Å². The molecule has 5 heteroatoms. The average molecular weight is 567 g/mol. The summed E-state index contributed by atoms with van der Waals surface area (Å²) in [5, 5.41) is 5.73. The zero-order valence-electron chi connectivity index (χ0n) is 22.0. The van der Waals surface area contributed by atoms with Crippen LogP contribution in [0.4, 0.5) is 0 Å². The topological polar surface area (TPSA) is 9.23 Å². The highest BCUT2D eigenvalue weighted by atomic mass is 35.5. The Kier molecular flexibility index (Phi) is 9.67. The lowest BCUT2D eigenvalue weighted by Crippen LogP contribution is -2.36. The molecule has 0 N–H and O–H groups in total. The Bertz CT molecular complexity index is 1180. The van der Waals surface area contributed by atoms with Crippen LogP contribution >= 0.6 is 30.5 Å². The van der Waals surface area contributed by atoms with Gasteiger partial charge in [0.1, 0.15) is 23.2 Å². The molecule has 0 saturated carbocycles. The lowest BCUT2D eigenvalue weighted by atomic mass is 10.1. The Balaban J connectivity index is 1.57. The maximum atomic E-state index is 6.69. The van der Waals surface area contributed by atoms with Crippen LogP contribution in [-0.2, 0) is 16.9 Å². The van der Waals surface area contributed by atoms with Crippen LogP contribution in [0.5, 0.6) is 0 Å². The quantitative estimate of drug-likeness (QED) is 0.101. The molecule has 192 valence electrons. The molecule has 4 aromatic carbocycles. The standard InChI is InChI=1S/C32H36Cl2OPSi/c1-4-31-26(23-27(33)24-32(31)34)25-37(2,3)35-21-14-22-36(28-15-8-5-9-16-28,29-17-10-6-11-18-29)30-19-12-7-13-20-30/h5-13,15-20,23-24H,4,14,21-22,25H2,1-3H3/q+1. The molecule has 0 atom stereocenters. The Hall–Kier alpha value is -1.93. The van der Waals surface area contributed by atoms with Crippen LogP contribution in [0.2, 0.25) is 23.1 Å². The molecule has 37 heavy (non-hydrogen) atoms. The van der Waals surface area contributed by atoms with E-state index < -0.39 is 15.6 Å². The van der Waals surface area contributed by atoms with E-state index in [0.717, 1.165) is 36.7 Å². The monoisotopic (exact) mass is 565 g/mol. The van der Waals surface area contributed by atoms with Crippen molar-refractivity contribution < 1.29 is 4.43 Å². The number of hydrogen-bond donors (Lipinski definition) is 0. The van der Waals surface area contributed by atoms with Crippen molar-refractivity contribution in [2.45, 2.75) is 38.9 Å². The number of benzene rings is 4. The van der Waals surface area contributed by atoms with E-state index >= 15 is 0 Å². The van der Waals surface area contributed by atoms with Crippen molar-refractivity contribution in [1.29, 1.82) is 0 Å². The van der Waals surface area contributed by atoms with Gasteiger partial charge in [0.05, 0.1) is 6.16 Å². The highest BCUT2D eigenvalue weighted by Crippen LogP contribution is 2.55. The van der Waals surface area contributed by atoms with Crippen molar-refractivity contribution in [1.82, 2.24) is 0 Å². The number of hydrogen-bond acceptors (Lipinski definition) is 1. The molecule has 0 aromatic heterocycles. The van der Waals surface area contributed by atoms with Gasteiger partial charge in [-0.25, -0.2) is 0 Å². The fourth-order valence-corrected chi connectivity index (χ4v) is 12.3. The first-order chi connectivity index (χ1) is 17.9. The SMILES string of the molecule is CCc1c(Cl)cc(Cl)cc1C[Si](C)(C)OCCC[P+](c1ccccc1)(c1ccccc1)c1ccccc1. The van der Waals surface area contributed by atoms with Crippen LogP contribution in [0.15, 0.2) is 103 Å². The van der Waals surface area contributed by atoms with Gasteiger partial charge in [-0.1, -0.05) is 84.7 Å². The highest BCUT2D eigenvalue weighted by Gasteiger charge is 2.44. The molecule has 4 rings (SSSR count). The molecular weight excluding hydrogens is 530 g/mol.